The third-order valence-corrected chi connectivity index (χ3v) is 2.13. The number of methoxy groups -OCH3 is 1. The Morgan fingerprint density at radius 1 is 1.44 bits per heavy atom. The van der Waals surface area contributed by atoms with Gasteiger partial charge in [0.05, 0.1) is 24.3 Å². The number of hydrogen-bond acceptors (Lipinski definition) is 4. The fourth-order valence-corrected chi connectivity index (χ4v) is 1.43. The smallest absolute Gasteiger partial charge is 0.338 e. The second-order valence-corrected chi connectivity index (χ2v) is 3.31. The fraction of sp³-hybridized carbons (Fsp3) is 0.250. The van der Waals surface area contributed by atoms with Crippen LogP contribution in [0.1, 0.15) is 28.4 Å². The zero-order valence-electron chi connectivity index (χ0n) is 9.11. The molecule has 16 heavy (non-hydrogen) atoms. The van der Waals surface area contributed by atoms with Crippen LogP contribution in [0.2, 0.25) is 0 Å². The maximum absolute atomic E-state index is 11.4. The highest BCUT2D eigenvalue weighted by molar-refractivity contribution is 5.93. The minimum absolute atomic E-state index is 0.0637. The zero-order valence-corrected chi connectivity index (χ0v) is 9.11. The van der Waals surface area contributed by atoms with Crippen molar-refractivity contribution < 1.29 is 14.3 Å². The maximum atomic E-state index is 11.4. The van der Waals surface area contributed by atoms with Gasteiger partial charge in [0, 0.05) is 6.42 Å². The number of hydrogen-bond donors (Lipinski definition) is 0. The number of ether oxygens (including phenoxy) is 1. The number of nitrogens with zero attached hydrogens (tertiary/aromatic N) is 1. The van der Waals surface area contributed by atoms with E-state index < -0.39 is 5.97 Å². The van der Waals surface area contributed by atoms with E-state index in [9.17, 15) is 9.59 Å². The molecule has 4 nitrogen and oxygen atoms in total. The summed E-state index contributed by atoms with van der Waals surface area (Å²) in [7, 11) is 1.26. The fourth-order valence-electron chi connectivity index (χ4n) is 1.43. The first kappa shape index (κ1) is 11.9. The van der Waals surface area contributed by atoms with Crippen LogP contribution >= 0.6 is 0 Å². The Labute approximate surface area is 93.5 Å². The minimum Gasteiger partial charge on any atom is -0.465 e. The van der Waals surface area contributed by atoms with Gasteiger partial charge in [-0.25, -0.2) is 4.79 Å². The van der Waals surface area contributed by atoms with Crippen molar-refractivity contribution in [1.82, 2.24) is 0 Å². The molecule has 0 unspecified atom stereocenters. The molecule has 0 bridgehead atoms. The number of carbonyl (C=O) groups excluding carboxylic acids is 2. The largest absolute Gasteiger partial charge is 0.465 e. The maximum Gasteiger partial charge on any atom is 0.338 e. The molecular weight excluding hydrogens is 206 g/mol. The highest BCUT2D eigenvalue weighted by Gasteiger charge is 2.16. The van der Waals surface area contributed by atoms with E-state index in [-0.39, 0.29) is 17.8 Å². The molecular formula is C12H11NO3. The van der Waals surface area contributed by atoms with Gasteiger partial charge in [-0.2, -0.15) is 5.26 Å². The average molecular weight is 217 g/mol. The van der Waals surface area contributed by atoms with E-state index in [2.05, 4.69) is 4.74 Å². The van der Waals surface area contributed by atoms with Crippen LogP contribution in [-0.2, 0) is 16.0 Å². The summed E-state index contributed by atoms with van der Waals surface area (Å²) in [6.45, 7) is 1.41. The van der Waals surface area contributed by atoms with Crippen molar-refractivity contribution in [2.24, 2.45) is 0 Å². The molecule has 0 fully saturated rings. The molecule has 4 heteroatoms. The predicted molar refractivity (Wildman–Crippen MR) is 56.9 cm³/mol. The molecule has 0 aliphatic carbocycles. The Bertz CT molecular complexity index is 472. The van der Waals surface area contributed by atoms with Crippen molar-refractivity contribution >= 4 is 11.8 Å². The molecule has 0 aliphatic heterocycles. The van der Waals surface area contributed by atoms with E-state index in [1.165, 1.54) is 14.0 Å². The van der Waals surface area contributed by atoms with Crippen molar-refractivity contribution in [3.8, 4) is 6.07 Å². The standard InChI is InChI=1S/C12H11NO3/c1-8(14)6-11-9(7-13)4-3-5-10(11)12(15)16-2/h3-5H,6H2,1-2H3. The van der Waals surface area contributed by atoms with Crippen molar-refractivity contribution in [2.45, 2.75) is 13.3 Å². The van der Waals surface area contributed by atoms with Crippen molar-refractivity contribution in [3.63, 3.8) is 0 Å². The molecule has 82 valence electrons. The summed E-state index contributed by atoms with van der Waals surface area (Å²) in [5.41, 5.74) is 1.04. The van der Waals surface area contributed by atoms with E-state index in [1.54, 1.807) is 18.2 Å². The van der Waals surface area contributed by atoms with Gasteiger partial charge in [0.2, 0.25) is 0 Å². The monoisotopic (exact) mass is 217 g/mol. The molecule has 0 aliphatic rings. The molecule has 1 aromatic carbocycles. The van der Waals surface area contributed by atoms with E-state index in [0.29, 0.717) is 11.1 Å². The summed E-state index contributed by atoms with van der Waals surface area (Å²) in [4.78, 5) is 22.5. The van der Waals surface area contributed by atoms with Crippen molar-refractivity contribution in [2.75, 3.05) is 7.11 Å². The summed E-state index contributed by atoms with van der Waals surface area (Å²) < 4.78 is 4.60. The molecule has 0 amide bonds. The molecule has 0 radical (unpaired) electrons. The summed E-state index contributed by atoms with van der Waals surface area (Å²) in [6.07, 6.45) is 0.0637. The number of nitriles is 1. The molecule has 0 saturated heterocycles. The van der Waals surface area contributed by atoms with Gasteiger partial charge in [-0.1, -0.05) is 6.07 Å². The second-order valence-electron chi connectivity index (χ2n) is 3.31. The summed E-state index contributed by atoms with van der Waals surface area (Å²) in [6, 6.07) is 6.67. The van der Waals surface area contributed by atoms with Crippen LogP contribution in [-0.4, -0.2) is 18.9 Å². The molecule has 0 atom stereocenters. The van der Waals surface area contributed by atoms with E-state index in [0.717, 1.165) is 0 Å². The third-order valence-electron chi connectivity index (χ3n) is 2.13. The summed E-state index contributed by atoms with van der Waals surface area (Å²) in [5, 5.41) is 8.90. The Hall–Kier alpha value is -2.15. The first-order valence-corrected chi connectivity index (χ1v) is 4.70. The third kappa shape index (κ3) is 2.45. The van der Waals surface area contributed by atoms with Gasteiger partial charge in [0.25, 0.3) is 0 Å². The molecule has 0 saturated carbocycles. The van der Waals surface area contributed by atoms with Crippen LogP contribution in [0, 0.1) is 11.3 Å². The molecule has 0 heterocycles. The van der Waals surface area contributed by atoms with Gasteiger partial charge >= 0.3 is 5.97 Å². The first-order chi connectivity index (χ1) is 7.60. The van der Waals surface area contributed by atoms with Crippen LogP contribution in [0.15, 0.2) is 18.2 Å². The van der Waals surface area contributed by atoms with Gasteiger partial charge in [0.15, 0.2) is 0 Å². The Morgan fingerprint density at radius 3 is 2.62 bits per heavy atom. The second kappa shape index (κ2) is 5.08. The van der Waals surface area contributed by atoms with Gasteiger partial charge in [-0.3, -0.25) is 4.79 Å². The molecule has 1 rings (SSSR count). The predicted octanol–water partition coefficient (Wildman–Crippen LogP) is 1.48. The normalized spacial score (nSPS) is 9.31. The molecule has 0 spiro atoms. The van der Waals surface area contributed by atoms with Crippen LogP contribution in [0.3, 0.4) is 0 Å². The van der Waals surface area contributed by atoms with Gasteiger partial charge in [-0.15, -0.1) is 0 Å². The van der Waals surface area contributed by atoms with Crippen molar-refractivity contribution in [1.29, 1.82) is 5.26 Å². The van der Waals surface area contributed by atoms with Crippen molar-refractivity contribution in [3.05, 3.63) is 34.9 Å². The lowest BCUT2D eigenvalue weighted by molar-refractivity contribution is -0.116. The number of esters is 1. The van der Waals surface area contributed by atoms with Crippen LogP contribution < -0.4 is 0 Å². The lowest BCUT2D eigenvalue weighted by atomic mass is 9.97. The number of ketones is 1. The van der Waals surface area contributed by atoms with Crippen LogP contribution in [0.25, 0.3) is 0 Å². The number of Topliss-reactive ketones (excluding diaryl/α,β-unsaturated/α-hetero) is 1. The van der Waals surface area contributed by atoms with E-state index in [1.807, 2.05) is 6.07 Å². The number of rotatable bonds is 3. The zero-order chi connectivity index (χ0) is 12.1. The first-order valence-electron chi connectivity index (χ1n) is 4.70. The Kier molecular flexibility index (Phi) is 3.78. The number of carbonyl (C=O) groups is 2. The topological polar surface area (TPSA) is 67.2 Å². The quantitative estimate of drug-likeness (QED) is 0.719. The van der Waals surface area contributed by atoms with Crippen LogP contribution in [0.4, 0.5) is 0 Å². The molecule has 0 N–H and O–H groups in total. The average Bonchev–Trinajstić information content (AvgIpc) is 2.27. The Morgan fingerprint density at radius 2 is 2.12 bits per heavy atom. The van der Waals surface area contributed by atoms with Crippen LogP contribution in [0.5, 0.6) is 0 Å². The Balaban J connectivity index is 3.32. The highest BCUT2D eigenvalue weighted by Crippen LogP contribution is 2.16. The number of benzene rings is 1. The SMILES string of the molecule is COC(=O)c1cccc(C#N)c1CC(C)=O. The summed E-state index contributed by atoms with van der Waals surface area (Å²) in [5.74, 6) is -0.638. The van der Waals surface area contributed by atoms with Gasteiger partial charge in [-0.05, 0) is 24.6 Å². The molecule has 0 aromatic heterocycles. The minimum atomic E-state index is -0.534. The lowest BCUT2D eigenvalue weighted by Gasteiger charge is -2.07. The van der Waals surface area contributed by atoms with Gasteiger partial charge in [0.1, 0.15) is 5.78 Å². The van der Waals surface area contributed by atoms with Gasteiger partial charge < -0.3 is 4.74 Å². The molecule has 1 aromatic rings. The highest BCUT2D eigenvalue weighted by atomic mass is 16.5. The van der Waals surface area contributed by atoms with E-state index >= 15 is 0 Å². The summed E-state index contributed by atoms with van der Waals surface area (Å²) >= 11 is 0. The van der Waals surface area contributed by atoms with E-state index in [4.69, 9.17) is 5.26 Å². The lowest BCUT2D eigenvalue weighted by Crippen LogP contribution is -2.10.